The molecule has 0 N–H and O–H groups in total. The van der Waals surface area contributed by atoms with E-state index in [4.69, 9.17) is 11.6 Å². The molecule has 1 unspecified atom stereocenters. The number of nitrogens with zero attached hydrogens (tertiary/aromatic N) is 1. The van der Waals surface area contributed by atoms with Crippen molar-refractivity contribution in [3.63, 3.8) is 0 Å². The molecule has 2 rings (SSSR count). The lowest BCUT2D eigenvalue weighted by Gasteiger charge is -2.30. The first-order chi connectivity index (χ1) is 9.06. The van der Waals surface area contributed by atoms with Crippen molar-refractivity contribution in [3.8, 4) is 0 Å². The summed E-state index contributed by atoms with van der Waals surface area (Å²) in [6.07, 6.45) is 3.10. The molecule has 0 amide bonds. The maximum atomic E-state index is 12.2. The van der Waals surface area contributed by atoms with Crippen LogP contribution in [0.4, 0.5) is 0 Å². The van der Waals surface area contributed by atoms with Crippen LogP contribution in [0.1, 0.15) is 36.5 Å². The Morgan fingerprint density at radius 2 is 2.32 bits per heavy atom. The second-order valence-corrected chi connectivity index (χ2v) is 6.67. The zero-order chi connectivity index (χ0) is 13.8. The van der Waals surface area contributed by atoms with E-state index in [1.807, 2.05) is 6.07 Å². The second kappa shape index (κ2) is 6.87. The van der Waals surface area contributed by atoms with Crippen molar-refractivity contribution in [2.75, 3.05) is 19.6 Å². The molecule has 1 atom stereocenters. The maximum Gasteiger partial charge on any atom is 0.165 e. The summed E-state index contributed by atoms with van der Waals surface area (Å²) in [5, 5.41) is 0.534. The molecule has 0 radical (unpaired) electrons. The van der Waals surface area contributed by atoms with Crippen LogP contribution in [0.5, 0.6) is 0 Å². The third-order valence-electron chi connectivity index (χ3n) is 3.63. The molecule has 1 saturated heterocycles. The first-order valence-electron chi connectivity index (χ1n) is 6.77. The van der Waals surface area contributed by atoms with E-state index in [2.05, 4.69) is 27.8 Å². The van der Waals surface area contributed by atoms with Crippen molar-refractivity contribution < 1.29 is 4.79 Å². The first-order valence-corrected chi connectivity index (χ1v) is 7.94. The van der Waals surface area contributed by atoms with Crippen LogP contribution < -0.4 is 0 Å². The molecule has 4 heteroatoms. The van der Waals surface area contributed by atoms with Gasteiger partial charge in [-0.1, -0.05) is 34.5 Å². The molecule has 2 nitrogen and oxygen atoms in total. The molecular formula is C15H19BrClNO. The molecule has 0 saturated carbocycles. The Hall–Kier alpha value is -0.380. The fourth-order valence-corrected chi connectivity index (χ4v) is 3.38. The average Bonchev–Trinajstić information content (AvgIpc) is 2.36. The Bertz CT molecular complexity index is 463. The Balaban J connectivity index is 1.90. The van der Waals surface area contributed by atoms with Gasteiger partial charge in [0.05, 0.1) is 5.02 Å². The van der Waals surface area contributed by atoms with Crippen LogP contribution in [0.15, 0.2) is 22.7 Å². The highest BCUT2D eigenvalue weighted by atomic mass is 79.9. The second-order valence-electron chi connectivity index (χ2n) is 5.35. The molecule has 1 fully saturated rings. The van der Waals surface area contributed by atoms with E-state index in [-0.39, 0.29) is 5.78 Å². The molecule has 0 aromatic heterocycles. The highest BCUT2D eigenvalue weighted by molar-refractivity contribution is 9.10. The van der Waals surface area contributed by atoms with E-state index in [9.17, 15) is 4.79 Å². The van der Waals surface area contributed by atoms with Crippen LogP contribution in [-0.4, -0.2) is 30.3 Å². The van der Waals surface area contributed by atoms with Crippen molar-refractivity contribution in [1.29, 1.82) is 0 Å². The first kappa shape index (κ1) is 15.0. The summed E-state index contributed by atoms with van der Waals surface area (Å²) in [7, 11) is 0. The zero-order valence-electron chi connectivity index (χ0n) is 11.2. The predicted molar refractivity (Wildman–Crippen MR) is 82.9 cm³/mol. The van der Waals surface area contributed by atoms with Crippen molar-refractivity contribution in [1.82, 2.24) is 4.90 Å². The molecule has 0 spiro atoms. The fourth-order valence-electron chi connectivity index (χ4n) is 2.60. The molecule has 0 bridgehead atoms. The largest absolute Gasteiger partial charge is 0.303 e. The van der Waals surface area contributed by atoms with Gasteiger partial charge in [0.15, 0.2) is 5.78 Å². The summed E-state index contributed by atoms with van der Waals surface area (Å²) in [6, 6.07) is 5.44. The van der Waals surface area contributed by atoms with E-state index in [1.54, 1.807) is 12.1 Å². The fraction of sp³-hybridized carbons (Fsp3) is 0.533. The highest BCUT2D eigenvalue weighted by Crippen LogP contribution is 2.23. The molecule has 1 aromatic rings. The van der Waals surface area contributed by atoms with Crippen LogP contribution in [0.3, 0.4) is 0 Å². The normalized spacial score (nSPS) is 20.5. The van der Waals surface area contributed by atoms with Gasteiger partial charge in [0, 0.05) is 29.5 Å². The minimum Gasteiger partial charge on any atom is -0.303 e. The smallest absolute Gasteiger partial charge is 0.165 e. The van der Waals surface area contributed by atoms with E-state index in [0.29, 0.717) is 17.0 Å². The van der Waals surface area contributed by atoms with Gasteiger partial charge >= 0.3 is 0 Å². The van der Waals surface area contributed by atoms with Gasteiger partial charge in [-0.15, -0.1) is 0 Å². The molecule has 104 valence electrons. The van der Waals surface area contributed by atoms with E-state index in [0.717, 1.165) is 30.0 Å². The van der Waals surface area contributed by atoms with Crippen molar-refractivity contribution in [3.05, 3.63) is 33.3 Å². The van der Waals surface area contributed by atoms with Gasteiger partial charge in [-0.05, 0) is 43.5 Å². The van der Waals surface area contributed by atoms with Crippen LogP contribution in [0.25, 0.3) is 0 Å². The minimum atomic E-state index is 0.135. The van der Waals surface area contributed by atoms with Crippen LogP contribution in [0.2, 0.25) is 5.02 Å². The van der Waals surface area contributed by atoms with Crippen molar-refractivity contribution >= 4 is 33.3 Å². The minimum absolute atomic E-state index is 0.135. The topological polar surface area (TPSA) is 20.3 Å². The number of hydrogen-bond donors (Lipinski definition) is 0. The van der Waals surface area contributed by atoms with E-state index in [1.165, 1.54) is 12.8 Å². The average molecular weight is 345 g/mol. The number of hydrogen-bond acceptors (Lipinski definition) is 2. The number of halogens is 2. The van der Waals surface area contributed by atoms with Crippen LogP contribution in [0, 0.1) is 5.92 Å². The lowest BCUT2D eigenvalue weighted by atomic mass is 9.99. The van der Waals surface area contributed by atoms with Gasteiger partial charge in [0.2, 0.25) is 0 Å². The number of ketones is 1. The number of likely N-dealkylation sites (tertiary alicyclic amines) is 1. The summed E-state index contributed by atoms with van der Waals surface area (Å²) in [5.74, 6) is 0.885. The zero-order valence-corrected chi connectivity index (χ0v) is 13.5. The summed E-state index contributed by atoms with van der Waals surface area (Å²) >= 11 is 9.45. The summed E-state index contributed by atoms with van der Waals surface area (Å²) in [4.78, 5) is 14.6. The molecule has 0 aliphatic carbocycles. The number of Topliss-reactive ketones (excluding diaryl/α,β-unsaturated/α-hetero) is 1. The van der Waals surface area contributed by atoms with Gasteiger partial charge in [-0.25, -0.2) is 0 Å². The monoisotopic (exact) mass is 343 g/mol. The molecule has 19 heavy (non-hydrogen) atoms. The summed E-state index contributed by atoms with van der Waals surface area (Å²) in [6.45, 7) is 5.35. The lowest BCUT2D eigenvalue weighted by Crippen LogP contribution is -2.35. The number of piperidine rings is 1. The van der Waals surface area contributed by atoms with Gasteiger partial charge in [-0.2, -0.15) is 0 Å². The Labute approximate surface area is 128 Å². The molecular weight excluding hydrogens is 326 g/mol. The number of carbonyl (C=O) groups excluding carboxylic acids is 1. The third-order valence-corrected chi connectivity index (χ3v) is 4.43. The predicted octanol–water partition coefficient (Wildman–Crippen LogP) is 4.41. The number of benzene rings is 1. The number of rotatable bonds is 4. The van der Waals surface area contributed by atoms with Gasteiger partial charge < -0.3 is 4.90 Å². The van der Waals surface area contributed by atoms with E-state index < -0.39 is 0 Å². The van der Waals surface area contributed by atoms with Crippen molar-refractivity contribution in [2.45, 2.75) is 26.2 Å². The van der Waals surface area contributed by atoms with E-state index >= 15 is 0 Å². The van der Waals surface area contributed by atoms with Crippen LogP contribution >= 0.6 is 27.5 Å². The Kier molecular flexibility index (Phi) is 5.43. The van der Waals surface area contributed by atoms with Gasteiger partial charge in [-0.3, -0.25) is 4.79 Å². The standard InChI is InChI=1S/C15H19BrClNO/c1-11-3-2-7-18(10-11)8-6-15(19)13-5-4-12(16)9-14(13)17/h4-5,9,11H,2-3,6-8,10H2,1H3. The molecule has 1 aliphatic heterocycles. The third kappa shape index (κ3) is 4.30. The molecule has 1 heterocycles. The highest BCUT2D eigenvalue weighted by Gasteiger charge is 2.18. The molecule has 1 aliphatic rings. The Morgan fingerprint density at radius 1 is 1.53 bits per heavy atom. The van der Waals surface area contributed by atoms with Gasteiger partial charge in [0.1, 0.15) is 0 Å². The summed E-state index contributed by atoms with van der Waals surface area (Å²) < 4.78 is 0.902. The van der Waals surface area contributed by atoms with Crippen molar-refractivity contribution in [2.24, 2.45) is 5.92 Å². The van der Waals surface area contributed by atoms with Crippen LogP contribution in [-0.2, 0) is 0 Å². The van der Waals surface area contributed by atoms with Gasteiger partial charge in [0.25, 0.3) is 0 Å². The summed E-state index contributed by atoms with van der Waals surface area (Å²) in [5.41, 5.74) is 0.634. The molecule has 1 aromatic carbocycles. The lowest BCUT2D eigenvalue weighted by molar-refractivity contribution is 0.0949. The Morgan fingerprint density at radius 3 is 3.00 bits per heavy atom. The maximum absolute atomic E-state index is 12.2. The SMILES string of the molecule is CC1CCCN(CCC(=O)c2ccc(Br)cc2Cl)C1. The number of carbonyl (C=O) groups is 1. The quantitative estimate of drug-likeness (QED) is 0.754.